The quantitative estimate of drug-likeness (QED) is 0.421. The Hall–Kier alpha value is -3.72. The molecule has 0 aliphatic heterocycles. The topological polar surface area (TPSA) is 196 Å². The minimum absolute atomic E-state index is 0. The second kappa shape index (κ2) is 17.7. The molecular weight excluding hydrogens is 452 g/mol. The summed E-state index contributed by atoms with van der Waals surface area (Å²) in [6.45, 7) is 18.1. The normalized spacial score (nSPS) is 9.86. The molecule has 0 amide bonds. The Labute approximate surface area is 207 Å². The van der Waals surface area contributed by atoms with E-state index in [0.717, 1.165) is 17.5 Å². The fourth-order valence-electron chi connectivity index (χ4n) is 1.96. The van der Waals surface area contributed by atoms with E-state index < -0.39 is 0 Å². The summed E-state index contributed by atoms with van der Waals surface area (Å²) in [7, 11) is 0. The molecule has 0 radical (unpaired) electrons. The van der Waals surface area contributed by atoms with E-state index in [9.17, 15) is 0 Å². The van der Waals surface area contributed by atoms with Gasteiger partial charge in [0.1, 0.15) is 5.82 Å². The molecule has 4 aromatic heterocycles. The van der Waals surface area contributed by atoms with Crippen molar-refractivity contribution in [2.24, 2.45) is 0 Å². The number of aromatic nitrogens is 16. The second-order valence-electron chi connectivity index (χ2n) is 7.96. The number of hydrogen-bond acceptors (Lipinski definition) is 12. The Morgan fingerprint density at radius 2 is 1.23 bits per heavy atom. The van der Waals surface area contributed by atoms with Gasteiger partial charge in [0, 0.05) is 11.8 Å². The third-order valence-corrected chi connectivity index (χ3v) is 3.73. The molecule has 0 bridgehead atoms. The predicted molar refractivity (Wildman–Crippen MR) is 131 cm³/mol. The summed E-state index contributed by atoms with van der Waals surface area (Å²) in [6.07, 6.45) is 1.43. The Bertz CT molecular complexity index is 848. The number of aryl methyl sites for hydroxylation is 1. The zero-order chi connectivity index (χ0) is 24.8. The average molecular weight is 495 g/mol. The van der Waals surface area contributed by atoms with E-state index in [0.29, 0.717) is 23.9 Å². The number of H-pyrrole nitrogens is 2. The van der Waals surface area contributed by atoms with Crippen LogP contribution in [0.5, 0.6) is 0 Å². The molecule has 16 nitrogen and oxygen atoms in total. The van der Waals surface area contributed by atoms with Crippen molar-refractivity contribution in [3.05, 3.63) is 23.8 Å². The summed E-state index contributed by atoms with van der Waals surface area (Å²) in [5.74, 6) is 3.14. The van der Waals surface area contributed by atoms with Gasteiger partial charge in [-0.1, -0.05) is 53.0 Å². The lowest BCUT2D eigenvalue weighted by molar-refractivity contribution is 0.455. The molecule has 0 aliphatic rings. The SMILES string of the molecule is C.C.CC(C)c1nn[nH]n1.CC(C)c1nn[nH]n1.CC(C)n1ncnn1.Cc1nnnn1C(C)C. The molecule has 35 heavy (non-hydrogen) atoms. The third kappa shape index (κ3) is 12.9. The van der Waals surface area contributed by atoms with Crippen LogP contribution < -0.4 is 0 Å². The molecule has 0 aromatic carbocycles. The molecule has 4 aromatic rings. The Morgan fingerprint density at radius 1 is 0.714 bits per heavy atom. The van der Waals surface area contributed by atoms with Gasteiger partial charge < -0.3 is 0 Å². The molecule has 0 fully saturated rings. The van der Waals surface area contributed by atoms with E-state index >= 15 is 0 Å². The molecule has 16 heteroatoms. The average Bonchev–Trinajstić information content (AvgIpc) is 3.58. The van der Waals surface area contributed by atoms with Crippen molar-refractivity contribution in [2.75, 3.05) is 0 Å². The first-order chi connectivity index (χ1) is 15.6. The zero-order valence-electron chi connectivity index (χ0n) is 20.6. The third-order valence-electron chi connectivity index (χ3n) is 3.73. The summed E-state index contributed by atoms with van der Waals surface area (Å²) in [5, 5.41) is 48.7. The molecule has 0 unspecified atom stereocenters. The molecule has 2 N–H and O–H groups in total. The Balaban J connectivity index is 0. The second-order valence-corrected chi connectivity index (χ2v) is 7.96. The van der Waals surface area contributed by atoms with Crippen LogP contribution in [0.1, 0.15) is 112 Å². The van der Waals surface area contributed by atoms with Crippen LogP contribution in [0.25, 0.3) is 0 Å². The summed E-state index contributed by atoms with van der Waals surface area (Å²) in [5.41, 5.74) is 0. The van der Waals surface area contributed by atoms with Crippen molar-refractivity contribution in [3.63, 3.8) is 0 Å². The van der Waals surface area contributed by atoms with E-state index in [2.05, 4.69) is 72.2 Å². The van der Waals surface area contributed by atoms with Crippen molar-refractivity contribution >= 4 is 0 Å². The number of hydrogen-bond donors (Lipinski definition) is 2. The van der Waals surface area contributed by atoms with Gasteiger partial charge in [0.05, 0.1) is 12.1 Å². The highest BCUT2D eigenvalue weighted by atomic mass is 15.6. The van der Waals surface area contributed by atoms with Crippen LogP contribution in [0.4, 0.5) is 0 Å². The molecule has 0 saturated heterocycles. The summed E-state index contributed by atoms with van der Waals surface area (Å²) in [6, 6.07) is 0.678. The summed E-state index contributed by atoms with van der Waals surface area (Å²) < 4.78 is 1.78. The van der Waals surface area contributed by atoms with Gasteiger partial charge in [0.25, 0.3) is 0 Å². The number of rotatable bonds is 4. The van der Waals surface area contributed by atoms with Gasteiger partial charge in [0.2, 0.25) is 0 Å². The lowest BCUT2D eigenvalue weighted by Gasteiger charge is -2.02. The smallest absolute Gasteiger partial charge is 0.177 e. The fourth-order valence-corrected chi connectivity index (χ4v) is 1.96. The van der Waals surface area contributed by atoms with E-state index in [4.69, 9.17) is 0 Å². The van der Waals surface area contributed by atoms with Crippen molar-refractivity contribution in [1.29, 1.82) is 0 Å². The van der Waals surface area contributed by atoms with E-state index in [1.54, 1.807) is 9.48 Å². The maximum absolute atomic E-state index is 3.81. The minimum Gasteiger partial charge on any atom is -0.227 e. The number of aromatic amines is 2. The standard InChI is InChI=1S/C5H10N4.3C4H8N4.2CH4/c1-4(2)9-5(3)6-7-8-9;1-4(2)8-6-3-5-7-8;2*1-3(2)4-5-7-8-6-4;;/h4H,1-3H3;3-4H,1-2H3;2*3H,1-2H3,(H,5,6,7,8);2*1H4. The van der Waals surface area contributed by atoms with Gasteiger partial charge in [-0.05, 0) is 50.3 Å². The molecule has 0 spiro atoms. The number of nitrogens with zero attached hydrogens (tertiary/aromatic N) is 14. The Kier molecular flexibility index (Phi) is 16.9. The van der Waals surface area contributed by atoms with Gasteiger partial charge in [0.15, 0.2) is 18.0 Å². The first kappa shape index (κ1) is 33.5. The van der Waals surface area contributed by atoms with E-state index in [1.165, 1.54) is 6.33 Å². The van der Waals surface area contributed by atoms with Gasteiger partial charge in [-0.2, -0.15) is 15.2 Å². The van der Waals surface area contributed by atoms with Crippen LogP contribution in [0.3, 0.4) is 0 Å². The molecule has 198 valence electrons. The maximum atomic E-state index is 3.81. The molecule has 0 saturated carbocycles. The lowest BCUT2D eigenvalue weighted by atomic mass is 10.2. The van der Waals surface area contributed by atoms with Crippen molar-refractivity contribution in [2.45, 2.75) is 101 Å². The minimum atomic E-state index is 0. The summed E-state index contributed by atoms with van der Waals surface area (Å²) >= 11 is 0. The van der Waals surface area contributed by atoms with Crippen molar-refractivity contribution in [1.82, 2.24) is 81.7 Å². The highest BCUT2D eigenvalue weighted by Gasteiger charge is 2.02. The molecule has 4 rings (SSSR count). The largest absolute Gasteiger partial charge is 0.227 e. The van der Waals surface area contributed by atoms with Gasteiger partial charge in [-0.25, -0.2) is 4.68 Å². The molecule has 0 atom stereocenters. The molecule has 0 aliphatic carbocycles. The van der Waals surface area contributed by atoms with Crippen LogP contribution in [0, 0.1) is 6.92 Å². The zero-order valence-corrected chi connectivity index (χ0v) is 20.6. The first-order valence-corrected chi connectivity index (χ1v) is 10.6. The monoisotopic (exact) mass is 494 g/mol. The van der Waals surface area contributed by atoms with Gasteiger partial charge in [-0.15, -0.1) is 35.7 Å². The molecular formula is C19H42N16. The van der Waals surface area contributed by atoms with Crippen LogP contribution in [0.15, 0.2) is 6.33 Å². The van der Waals surface area contributed by atoms with Gasteiger partial charge >= 0.3 is 0 Å². The highest BCUT2D eigenvalue weighted by Crippen LogP contribution is 2.04. The van der Waals surface area contributed by atoms with Crippen LogP contribution in [-0.4, -0.2) is 81.7 Å². The van der Waals surface area contributed by atoms with Crippen LogP contribution in [0.2, 0.25) is 0 Å². The Morgan fingerprint density at radius 3 is 1.40 bits per heavy atom. The predicted octanol–water partition coefficient (Wildman–Crippen LogP) is 2.73. The maximum Gasteiger partial charge on any atom is 0.177 e. The van der Waals surface area contributed by atoms with E-state index in [1.807, 2.05) is 62.3 Å². The fraction of sp³-hybridized carbons (Fsp3) is 0.789. The number of nitrogens with one attached hydrogen (secondary N) is 2. The van der Waals surface area contributed by atoms with Crippen LogP contribution in [-0.2, 0) is 0 Å². The van der Waals surface area contributed by atoms with Crippen LogP contribution >= 0.6 is 0 Å². The molecule has 4 heterocycles. The first-order valence-electron chi connectivity index (χ1n) is 10.6. The lowest BCUT2D eigenvalue weighted by Crippen LogP contribution is -2.04. The summed E-state index contributed by atoms with van der Waals surface area (Å²) in [4.78, 5) is 1.56. The number of tetrazole rings is 4. The van der Waals surface area contributed by atoms with E-state index in [-0.39, 0.29) is 14.9 Å². The van der Waals surface area contributed by atoms with Crippen molar-refractivity contribution < 1.29 is 0 Å². The highest BCUT2D eigenvalue weighted by molar-refractivity contribution is 4.83. The van der Waals surface area contributed by atoms with Crippen molar-refractivity contribution in [3.8, 4) is 0 Å². The van der Waals surface area contributed by atoms with Gasteiger partial charge in [-0.3, -0.25) is 0 Å².